The zero-order valence-electron chi connectivity index (χ0n) is 10.7. The van der Waals surface area contributed by atoms with E-state index in [0.717, 1.165) is 36.6 Å². The minimum atomic E-state index is -0.197. The number of nitrogens with two attached hydrogens (primary N) is 1. The van der Waals surface area contributed by atoms with E-state index < -0.39 is 0 Å². The van der Waals surface area contributed by atoms with Gasteiger partial charge >= 0.3 is 0 Å². The van der Waals surface area contributed by atoms with Crippen LogP contribution in [-0.4, -0.2) is 42.0 Å². The number of halogens is 2. The topological polar surface area (TPSA) is 41.6 Å². The summed E-state index contributed by atoms with van der Waals surface area (Å²) in [6, 6.07) is 6.63. The molecule has 0 spiro atoms. The van der Waals surface area contributed by atoms with Crippen molar-refractivity contribution in [1.29, 1.82) is 0 Å². The van der Waals surface area contributed by atoms with Crippen LogP contribution < -0.4 is 5.73 Å². The third-order valence-electron chi connectivity index (χ3n) is 2.90. The van der Waals surface area contributed by atoms with Crippen molar-refractivity contribution in [2.45, 2.75) is 6.42 Å². The molecule has 1 aromatic rings. The lowest BCUT2D eigenvalue weighted by atomic mass is 10.1. The number of benzene rings is 1. The van der Waals surface area contributed by atoms with Gasteiger partial charge in [-0.1, -0.05) is 12.1 Å². The van der Waals surface area contributed by atoms with Gasteiger partial charge in [0.05, 0.1) is 0 Å². The third kappa shape index (κ3) is 5.56. The Morgan fingerprint density at radius 3 is 2.79 bits per heavy atom. The number of nitrogens with zero attached hydrogens (tertiary/aromatic N) is 2. The molecule has 3 nitrogen and oxygen atoms in total. The Balaban J connectivity index is 0.00000180. The first-order valence-electron chi connectivity index (χ1n) is 6.13. The van der Waals surface area contributed by atoms with E-state index >= 15 is 0 Å². The van der Waals surface area contributed by atoms with Crippen molar-refractivity contribution in [2.75, 3.05) is 31.1 Å². The first-order valence-corrected chi connectivity index (χ1v) is 7.28. The molecule has 2 rings (SSSR count). The number of hydrogen-bond donors (Lipinski definition) is 1. The average molecular weight is 395 g/mol. The fourth-order valence-electron chi connectivity index (χ4n) is 1.88. The fourth-order valence-corrected chi connectivity index (χ4v) is 2.79. The van der Waals surface area contributed by atoms with Crippen LogP contribution in [0.3, 0.4) is 0 Å². The van der Waals surface area contributed by atoms with Crippen molar-refractivity contribution >= 4 is 41.7 Å². The molecule has 0 saturated carbocycles. The Morgan fingerprint density at radius 2 is 2.11 bits per heavy atom. The summed E-state index contributed by atoms with van der Waals surface area (Å²) in [5.74, 6) is 2.64. The van der Waals surface area contributed by atoms with E-state index in [9.17, 15) is 4.39 Å². The van der Waals surface area contributed by atoms with Crippen molar-refractivity contribution < 1.29 is 4.39 Å². The first kappa shape index (κ1) is 16.6. The van der Waals surface area contributed by atoms with Crippen LogP contribution in [0.4, 0.5) is 4.39 Å². The van der Waals surface area contributed by atoms with Crippen molar-refractivity contribution in [3.63, 3.8) is 0 Å². The fraction of sp³-hybridized carbons (Fsp3) is 0.462. The highest BCUT2D eigenvalue weighted by Gasteiger charge is 2.11. The van der Waals surface area contributed by atoms with Crippen LogP contribution in [0.15, 0.2) is 29.3 Å². The van der Waals surface area contributed by atoms with E-state index in [-0.39, 0.29) is 29.8 Å². The van der Waals surface area contributed by atoms with Crippen LogP contribution in [0.5, 0.6) is 0 Å². The Hall–Kier alpha value is -0.500. The summed E-state index contributed by atoms with van der Waals surface area (Å²) in [5, 5.41) is 0. The van der Waals surface area contributed by atoms with E-state index in [2.05, 4.69) is 9.89 Å². The highest BCUT2D eigenvalue weighted by Crippen LogP contribution is 2.09. The van der Waals surface area contributed by atoms with Gasteiger partial charge < -0.3 is 10.6 Å². The number of hydrogen-bond acceptors (Lipinski definition) is 2. The van der Waals surface area contributed by atoms with E-state index in [4.69, 9.17) is 5.73 Å². The summed E-state index contributed by atoms with van der Waals surface area (Å²) in [4.78, 5) is 6.47. The van der Waals surface area contributed by atoms with Gasteiger partial charge in [0.2, 0.25) is 0 Å². The predicted octanol–water partition coefficient (Wildman–Crippen LogP) is 2.35. The SMILES string of the molecule is I.NC(=NCCc1cccc(F)c1)N1CCSCC1. The molecular formula is C13H19FIN3S. The van der Waals surface area contributed by atoms with E-state index in [1.165, 1.54) is 6.07 Å². The second kappa shape index (κ2) is 8.63. The summed E-state index contributed by atoms with van der Waals surface area (Å²) in [5.41, 5.74) is 6.89. The average Bonchev–Trinajstić information content (AvgIpc) is 2.40. The van der Waals surface area contributed by atoms with Gasteiger partial charge in [0.25, 0.3) is 0 Å². The summed E-state index contributed by atoms with van der Waals surface area (Å²) >= 11 is 1.94. The van der Waals surface area contributed by atoms with Gasteiger partial charge in [-0.25, -0.2) is 4.39 Å². The molecule has 19 heavy (non-hydrogen) atoms. The van der Waals surface area contributed by atoms with Crippen LogP contribution in [0.25, 0.3) is 0 Å². The molecule has 1 aliphatic rings. The predicted molar refractivity (Wildman–Crippen MR) is 90.9 cm³/mol. The molecular weight excluding hydrogens is 376 g/mol. The molecule has 0 aliphatic carbocycles. The first-order chi connectivity index (χ1) is 8.75. The second-order valence-electron chi connectivity index (χ2n) is 4.22. The van der Waals surface area contributed by atoms with E-state index in [0.29, 0.717) is 12.5 Å². The number of thioether (sulfide) groups is 1. The summed E-state index contributed by atoms with van der Waals surface area (Å²) < 4.78 is 13.0. The molecule has 106 valence electrons. The van der Waals surface area contributed by atoms with Crippen LogP contribution in [-0.2, 0) is 6.42 Å². The molecule has 0 atom stereocenters. The normalized spacial score (nSPS) is 16.1. The molecule has 1 heterocycles. The smallest absolute Gasteiger partial charge is 0.191 e. The highest BCUT2D eigenvalue weighted by atomic mass is 127. The summed E-state index contributed by atoms with van der Waals surface area (Å²) in [6.07, 6.45) is 0.723. The molecule has 0 bridgehead atoms. The number of aliphatic imine (C=N–C) groups is 1. The second-order valence-corrected chi connectivity index (χ2v) is 5.44. The van der Waals surface area contributed by atoms with Crippen LogP contribution in [0.2, 0.25) is 0 Å². The summed E-state index contributed by atoms with van der Waals surface area (Å²) in [6.45, 7) is 2.55. The van der Waals surface area contributed by atoms with Gasteiger partial charge in [0.15, 0.2) is 5.96 Å². The standard InChI is InChI=1S/C13H18FN3S.HI/c14-12-3-1-2-11(10-12)4-5-16-13(15)17-6-8-18-9-7-17;/h1-3,10H,4-9H2,(H2,15,16);1H. The maximum Gasteiger partial charge on any atom is 0.191 e. The number of guanidine groups is 1. The Morgan fingerprint density at radius 1 is 1.37 bits per heavy atom. The molecule has 0 aromatic heterocycles. The maximum absolute atomic E-state index is 13.0. The van der Waals surface area contributed by atoms with E-state index in [1.807, 2.05) is 17.8 Å². The Bertz CT molecular complexity index is 422. The van der Waals surface area contributed by atoms with Gasteiger partial charge in [-0.05, 0) is 24.1 Å². The Labute approximate surface area is 134 Å². The molecule has 0 amide bonds. The Kier molecular flexibility index (Phi) is 7.52. The van der Waals surface area contributed by atoms with Gasteiger partial charge in [0.1, 0.15) is 5.82 Å². The zero-order chi connectivity index (χ0) is 12.8. The lowest BCUT2D eigenvalue weighted by Crippen LogP contribution is -2.42. The van der Waals surface area contributed by atoms with Crippen molar-refractivity contribution in [1.82, 2.24) is 4.90 Å². The van der Waals surface area contributed by atoms with Gasteiger partial charge in [0, 0.05) is 31.1 Å². The minimum absolute atomic E-state index is 0. The molecule has 2 N–H and O–H groups in total. The van der Waals surface area contributed by atoms with Crippen molar-refractivity contribution in [3.8, 4) is 0 Å². The van der Waals surface area contributed by atoms with Crippen LogP contribution >= 0.6 is 35.7 Å². The van der Waals surface area contributed by atoms with Gasteiger partial charge in [-0.2, -0.15) is 11.8 Å². The molecule has 0 unspecified atom stereocenters. The molecule has 6 heteroatoms. The largest absolute Gasteiger partial charge is 0.370 e. The van der Waals surface area contributed by atoms with Gasteiger partial charge in [-0.15, -0.1) is 24.0 Å². The van der Waals surface area contributed by atoms with E-state index in [1.54, 1.807) is 12.1 Å². The molecule has 1 fully saturated rings. The van der Waals surface area contributed by atoms with Crippen molar-refractivity contribution in [2.24, 2.45) is 10.7 Å². The lowest BCUT2D eigenvalue weighted by Gasteiger charge is -2.27. The lowest BCUT2D eigenvalue weighted by molar-refractivity contribution is 0.456. The van der Waals surface area contributed by atoms with Crippen molar-refractivity contribution in [3.05, 3.63) is 35.6 Å². The monoisotopic (exact) mass is 395 g/mol. The van der Waals surface area contributed by atoms with Crippen LogP contribution in [0, 0.1) is 5.82 Å². The quantitative estimate of drug-likeness (QED) is 0.486. The molecule has 1 aromatic carbocycles. The minimum Gasteiger partial charge on any atom is -0.370 e. The molecule has 0 radical (unpaired) electrons. The maximum atomic E-state index is 13.0. The zero-order valence-corrected chi connectivity index (χ0v) is 13.9. The highest BCUT2D eigenvalue weighted by molar-refractivity contribution is 14.0. The third-order valence-corrected chi connectivity index (χ3v) is 3.84. The van der Waals surface area contributed by atoms with Gasteiger partial charge in [-0.3, -0.25) is 4.99 Å². The molecule has 1 saturated heterocycles. The number of rotatable bonds is 3. The summed E-state index contributed by atoms with van der Waals surface area (Å²) in [7, 11) is 0. The molecule has 1 aliphatic heterocycles. The van der Waals surface area contributed by atoms with Crippen LogP contribution in [0.1, 0.15) is 5.56 Å².